The number of carbonyl (C=O) groups is 1. The number of carbonyl (C=O) groups excluding carboxylic acids is 1. The second-order valence-electron chi connectivity index (χ2n) is 6.15. The Morgan fingerprint density at radius 2 is 1.86 bits per heavy atom. The highest BCUT2D eigenvalue weighted by Gasteiger charge is 2.40. The van der Waals surface area contributed by atoms with Gasteiger partial charge in [-0.2, -0.15) is 5.26 Å². The van der Waals surface area contributed by atoms with Crippen LogP contribution in [0.4, 0.5) is 0 Å². The molecule has 2 bridgehead atoms. The first-order valence-electron chi connectivity index (χ1n) is 7.64. The van der Waals surface area contributed by atoms with E-state index in [0.29, 0.717) is 24.1 Å². The normalized spacial score (nSPS) is 24.0. The summed E-state index contributed by atoms with van der Waals surface area (Å²) in [5.74, 6) is 0.277. The van der Waals surface area contributed by atoms with Crippen LogP contribution in [0.5, 0.6) is 0 Å². The molecule has 2 fully saturated rings. The Kier molecular flexibility index (Phi) is 3.79. The second-order valence-corrected chi connectivity index (χ2v) is 6.15. The van der Waals surface area contributed by atoms with Gasteiger partial charge in [-0.05, 0) is 49.8 Å². The number of piperidine rings is 1. The molecule has 2 atom stereocenters. The lowest BCUT2D eigenvalue weighted by molar-refractivity contribution is -0.134. The third-order valence-corrected chi connectivity index (χ3v) is 4.67. The van der Waals surface area contributed by atoms with Crippen LogP contribution in [-0.4, -0.2) is 22.9 Å². The number of aryl methyl sites for hydroxylation is 1. The third kappa shape index (κ3) is 2.85. The van der Waals surface area contributed by atoms with Crippen LogP contribution in [0.2, 0.25) is 0 Å². The average Bonchev–Trinajstić information content (AvgIpc) is 2.77. The van der Waals surface area contributed by atoms with E-state index in [-0.39, 0.29) is 5.91 Å². The van der Waals surface area contributed by atoms with E-state index >= 15 is 0 Å². The number of nitriles is 1. The van der Waals surface area contributed by atoms with Crippen molar-refractivity contribution in [2.24, 2.45) is 0 Å². The molecule has 0 aliphatic carbocycles. The maximum absolute atomic E-state index is 12.5. The van der Waals surface area contributed by atoms with Gasteiger partial charge in [0.05, 0.1) is 11.6 Å². The highest BCUT2D eigenvalue weighted by atomic mass is 16.2. The molecular weight excluding hydrogens is 260 g/mol. The van der Waals surface area contributed by atoms with E-state index < -0.39 is 0 Å². The Morgan fingerprint density at radius 3 is 2.43 bits per heavy atom. The van der Waals surface area contributed by atoms with E-state index in [1.807, 2.05) is 24.3 Å². The van der Waals surface area contributed by atoms with Gasteiger partial charge in [-0.25, -0.2) is 0 Å². The number of benzene rings is 1. The van der Waals surface area contributed by atoms with Crippen molar-refractivity contribution in [3.63, 3.8) is 0 Å². The molecule has 2 aliphatic rings. The summed E-state index contributed by atoms with van der Waals surface area (Å²) >= 11 is 0. The van der Waals surface area contributed by atoms with Crippen molar-refractivity contribution in [2.75, 3.05) is 0 Å². The zero-order valence-electron chi connectivity index (χ0n) is 12.2. The number of fused-ring (bicyclic) bond motifs is 2. The summed E-state index contributed by atoms with van der Waals surface area (Å²) in [4.78, 5) is 14.6. The van der Waals surface area contributed by atoms with E-state index in [2.05, 4.69) is 17.5 Å². The van der Waals surface area contributed by atoms with E-state index in [9.17, 15) is 4.79 Å². The van der Waals surface area contributed by atoms with Crippen molar-refractivity contribution in [3.8, 4) is 6.07 Å². The predicted octanol–water partition coefficient (Wildman–Crippen LogP) is 3.20. The molecule has 0 N–H and O–H groups in total. The zero-order chi connectivity index (χ0) is 14.8. The number of nitrogens with zero attached hydrogens (tertiary/aromatic N) is 2. The van der Waals surface area contributed by atoms with Crippen LogP contribution in [0.25, 0.3) is 0 Å². The molecule has 3 nitrogen and oxygen atoms in total. The molecule has 3 heteroatoms. The Balaban J connectivity index is 1.59. The van der Waals surface area contributed by atoms with Crippen LogP contribution in [0, 0.1) is 11.3 Å². The lowest BCUT2D eigenvalue weighted by Crippen LogP contribution is -2.44. The van der Waals surface area contributed by atoms with E-state index in [1.165, 1.54) is 5.57 Å². The lowest BCUT2D eigenvalue weighted by atomic mass is 9.97. The highest BCUT2D eigenvalue weighted by molar-refractivity contribution is 5.78. The standard InChI is InChI=1S/C18H20N2O/c1-13-10-16-7-8-17(11-13)20(16)18(21)9-6-14-2-4-15(12-19)5-3-14/h2-5,16-17H,1,6-11H2. The van der Waals surface area contributed by atoms with Crippen molar-refractivity contribution < 1.29 is 4.79 Å². The maximum Gasteiger partial charge on any atom is 0.223 e. The molecule has 2 heterocycles. The Morgan fingerprint density at radius 1 is 1.24 bits per heavy atom. The zero-order valence-corrected chi connectivity index (χ0v) is 12.2. The van der Waals surface area contributed by atoms with E-state index in [0.717, 1.165) is 37.7 Å². The number of hydrogen-bond acceptors (Lipinski definition) is 2. The van der Waals surface area contributed by atoms with Gasteiger partial charge in [0.15, 0.2) is 0 Å². The second kappa shape index (κ2) is 5.73. The fourth-order valence-corrected chi connectivity index (χ4v) is 3.65. The van der Waals surface area contributed by atoms with Gasteiger partial charge >= 0.3 is 0 Å². The fourth-order valence-electron chi connectivity index (χ4n) is 3.65. The van der Waals surface area contributed by atoms with Crippen LogP contribution < -0.4 is 0 Å². The summed E-state index contributed by atoms with van der Waals surface area (Å²) in [6.45, 7) is 4.09. The summed E-state index contributed by atoms with van der Waals surface area (Å²) in [6, 6.07) is 10.4. The molecule has 2 saturated heterocycles. The topological polar surface area (TPSA) is 44.1 Å². The van der Waals surface area contributed by atoms with Crippen LogP contribution in [-0.2, 0) is 11.2 Å². The molecule has 2 unspecified atom stereocenters. The van der Waals surface area contributed by atoms with Gasteiger partial charge in [-0.1, -0.05) is 24.3 Å². The molecule has 1 aromatic carbocycles. The van der Waals surface area contributed by atoms with Crippen LogP contribution >= 0.6 is 0 Å². The van der Waals surface area contributed by atoms with E-state index in [1.54, 1.807) is 0 Å². The van der Waals surface area contributed by atoms with Crippen molar-refractivity contribution in [3.05, 3.63) is 47.5 Å². The van der Waals surface area contributed by atoms with Crippen LogP contribution in [0.15, 0.2) is 36.4 Å². The third-order valence-electron chi connectivity index (χ3n) is 4.67. The minimum Gasteiger partial charge on any atom is -0.336 e. The summed E-state index contributed by atoms with van der Waals surface area (Å²) in [7, 11) is 0. The van der Waals surface area contributed by atoms with Crippen molar-refractivity contribution in [1.29, 1.82) is 5.26 Å². The SMILES string of the molecule is C=C1CC2CCC(C1)N2C(=O)CCc1ccc(C#N)cc1. The summed E-state index contributed by atoms with van der Waals surface area (Å²) in [6.07, 6.45) is 5.55. The number of hydrogen-bond donors (Lipinski definition) is 0. The van der Waals surface area contributed by atoms with Crippen molar-refractivity contribution >= 4 is 5.91 Å². The molecule has 108 valence electrons. The largest absolute Gasteiger partial charge is 0.336 e. The van der Waals surface area contributed by atoms with Gasteiger partial charge in [-0.3, -0.25) is 4.79 Å². The predicted molar refractivity (Wildman–Crippen MR) is 81.5 cm³/mol. The summed E-state index contributed by atoms with van der Waals surface area (Å²) < 4.78 is 0. The smallest absolute Gasteiger partial charge is 0.223 e. The Labute approximate surface area is 125 Å². The minimum absolute atomic E-state index is 0.277. The molecule has 0 aromatic heterocycles. The van der Waals surface area contributed by atoms with Gasteiger partial charge < -0.3 is 4.90 Å². The van der Waals surface area contributed by atoms with Gasteiger partial charge in [-0.15, -0.1) is 0 Å². The summed E-state index contributed by atoms with van der Waals surface area (Å²) in [5, 5.41) is 8.79. The summed E-state index contributed by atoms with van der Waals surface area (Å²) in [5.41, 5.74) is 3.09. The first-order chi connectivity index (χ1) is 10.2. The maximum atomic E-state index is 12.5. The van der Waals surface area contributed by atoms with E-state index in [4.69, 9.17) is 5.26 Å². The molecule has 21 heavy (non-hydrogen) atoms. The number of amides is 1. The first kappa shape index (κ1) is 13.9. The Hall–Kier alpha value is -2.08. The average molecular weight is 280 g/mol. The van der Waals surface area contributed by atoms with Gasteiger partial charge in [0.2, 0.25) is 5.91 Å². The lowest BCUT2D eigenvalue weighted by Gasteiger charge is -2.36. The molecule has 0 spiro atoms. The molecular formula is C18H20N2O. The van der Waals surface area contributed by atoms with Crippen molar-refractivity contribution in [2.45, 2.75) is 50.6 Å². The molecule has 1 amide bonds. The molecule has 2 aliphatic heterocycles. The fraction of sp³-hybridized carbons (Fsp3) is 0.444. The van der Waals surface area contributed by atoms with Gasteiger partial charge in [0, 0.05) is 18.5 Å². The van der Waals surface area contributed by atoms with Crippen LogP contribution in [0.3, 0.4) is 0 Å². The Bertz CT molecular complexity index is 581. The van der Waals surface area contributed by atoms with Gasteiger partial charge in [0.25, 0.3) is 0 Å². The number of rotatable bonds is 3. The quantitative estimate of drug-likeness (QED) is 0.798. The molecule has 0 radical (unpaired) electrons. The first-order valence-corrected chi connectivity index (χ1v) is 7.64. The highest BCUT2D eigenvalue weighted by Crippen LogP contribution is 2.38. The molecule has 0 saturated carbocycles. The molecule has 3 rings (SSSR count). The van der Waals surface area contributed by atoms with Gasteiger partial charge in [0.1, 0.15) is 0 Å². The monoisotopic (exact) mass is 280 g/mol. The molecule has 1 aromatic rings. The minimum atomic E-state index is 0.277. The van der Waals surface area contributed by atoms with Crippen LogP contribution in [0.1, 0.15) is 43.2 Å². The van der Waals surface area contributed by atoms with Crippen molar-refractivity contribution in [1.82, 2.24) is 4.90 Å².